The molecule has 1 fully saturated rings. The van der Waals surface area contributed by atoms with Gasteiger partial charge >= 0.3 is 0 Å². The molecular weight excluding hydrogens is 303 g/mol. The first-order valence-corrected chi connectivity index (χ1v) is 8.04. The van der Waals surface area contributed by atoms with Crippen molar-refractivity contribution in [2.24, 2.45) is 0 Å². The maximum absolute atomic E-state index is 13.8. The number of piperazine rings is 1. The van der Waals surface area contributed by atoms with Crippen LogP contribution in [-0.2, 0) is 6.54 Å². The molecule has 22 heavy (non-hydrogen) atoms. The van der Waals surface area contributed by atoms with E-state index in [1.165, 1.54) is 23.1 Å². The number of hydrogen-bond acceptors (Lipinski definition) is 4. The zero-order valence-corrected chi connectivity index (χ0v) is 12.9. The molecule has 1 aliphatic rings. The van der Waals surface area contributed by atoms with E-state index in [0.29, 0.717) is 13.1 Å². The van der Waals surface area contributed by atoms with E-state index in [1.807, 2.05) is 6.07 Å². The molecule has 0 unspecified atom stereocenters. The number of benzene rings is 1. The molecule has 116 valence electrons. The second-order valence-corrected chi connectivity index (χ2v) is 6.31. The molecule has 0 saturated carbocycles. The van der Waals surface area contributed by atoms with Gasteiger partial charge in [-0.3, -0.25) is 9.69 Å². The quantitative estimate of drug-likeness (QED) is 0.945. The summed E-state index contributed by atoms with van der Waals surface area (Å²) in [6, 6.07) is 8.05. The lowest BCUT2D eigenvalue weighted by Crippen LogP contribution is -2.48. The molecule has 1 aromatic carbocycles. The van der Waals surface area contributed by atoms with Gasteiger partial charge in [0.15, 0.2) is 0 Å². The van der Waals surface area contributed by atoms with E-state index in [2.05, 4.69) is 16.3 Å². The van der Waals surface area contributed by atoms with Crippen molar-refractivity contribution in [3.05, 3.63) is 52.0 Å². The highest BCUT2D eigenvalue weighted by Crippen LogP contribution is 2.22. The molecular formula is C16H17FN2O2S. The van der Waals surface area contributed by atoms with E-state index < -0.39 is 11.7 Å². The molecule has 0 spiro atoms. The normalized spacial score (nSPS) is 16.0. The molecule has 2 aromatic rings. The molecule has 0 radical (unpaired) electrons. The van der Waals surface area contributed by atoms with Gasteiger partial charge in [0, 0.05) is 37.6 Å². The van der Waals surface area contributed by atoms with Crippen molar-refractivity contribution in [2.75, 3.05) is 26.2 Å². The van der Waals surface area contributed by atoms with Crippen LogP contribution in [0.25, 0.3) is 0 Å². The fourth-order valence-corrected chi connectivity index (χ4v) is 3.36. The summed E-state index contributed by atoms with van der Waals surface area (Å²) >= 11 is 1.72. The summed E-state index contributed by atoms with van der Waals surface area (Å²) in [5.41, 5.74) is -0.228. The van der Waals surface area contributed by atoms with Crippen LogP contribution in [0, 0.1) is 5.82 Å². The number of rotatable bonds is 3. The number of amides is 1. The Morgan fingerprint density at radius 1 is 1.18 bits per heavy atom. The summed E-state index contributed by atoms with van der Waals surface area (Å²) in [5, 5.41) is 11.8. The van der Waals surface area contributed by atoms with Gasteiger partial charge in [0.25, 0.3) is 5.91 Å². The molecule has 1 amide bonds. The summed E-state index contributed by atoms with van der Waals surface area (Å²) < 4.78 is 13.8. The predicted octanol–water partition coefficient (Wildman–Crippen LogP) is 2.55. The van der Waals surface area contributed by atoms with Crippen LogP contribution >= 0.6 is 11.3 Å². The monoisotopic (exact) mass is 320 g/mol. The number of carbonyl (C=O) groups is 1. The number of phenols is 1. The van der Waals surface area contributed by atoms with Crippen molar-refractivity contribution < 1.29 is 14.3 Å². The lowest BCUT2D eigenvalue weighted by Gasteiger charge is -2.34. The molecule has 4 nitrogen and oxygen atoms in total. The SMILES string of the molecule is O=C(c1c(O)cccc1F)N1CCN(Cc2cccs2)CC1. The highest BCUT2D eigenvalue weighted by Gasteiger charge is 2.26. The van der Waals surface area contributed by atoms with Crippen LogP contribution in [0.5, 0.6) is 5.75 Å². The second-order valence-electron chi connectivity index (χ2n) is 5.28. The summed E-state index contributed by atoms with van der Waals surface area (Å²) in [6.07, 6.45) is 0. The van der Waals surface area contributed by atoms with Crippen LogP contribution in [-0.4, -0.2) is 47.0 Å². The van der Waals surface area contributed by atoms with Gasteiger partial charge in [-0.2, -0.15) is 0 Å². The highest BCUT2D eigenvalue weighted by atomic mass is 32.1. The Labute approximate surface area is 132 Å². The maximum Gasteiger partial charge on any atom is 0.260 e. The Morgan fingerprint density at radius 3 is 2.59 bits per heavy atom. The van der Waals surface area contributed by atoms with Gasteiger partial charge < -0.3 is 10.0 Å². The van der Waals surface area contributed by atoms with E-state index in [0.717, 1.165) is 19.6 Å². The minimum absolute atomic E-state index is 0.228. The van der Waals surface area contributed by atoms with Gasteiger partial charge in [-0.15, -0.1) is 11.3 Å². The number of phenolic OH excluding ortho intramolecular Hbond substituents is 1. The van der Waals surface area contributed by atoms with Gasteiger partial charge in [0.2, 0.25) is 0 Å². The Kier molecular flexibility index (Phi) is 4.40. The molecule has 1 aliphatic heterocycles. The molecule has 1 N–H and O–H groups in total. The van der Waals surface area contributed by atoms with Crippen LogP contribution in [0.2, 0.25) is 0 Å². The van der Waals surface area contributed by atoms with Gasteiger partial charge in [0.05, 0.1) is 0 Å². The Morgan fingerprint density at radius 2 is 1.95 bits per heavy atom. The molecule has 3 rings (SSSR count). The van der Waals surface area contributed by atoms with Crippen molar-refractivity contribution in [3.63, 3.8) is 0 Å². The van der Waals surface area contributed by atoms with Gasteiger partial charge in [-0.25, -0.2) is 4.39 Å². The van der Waals surface area contributed by atoms with Crippen molar-refractivity contribution in [1.29, 1.82) is 0 Å². The fourth-order valence-electron chi connectivity index (χ4n) is 2.61. The number of thiophene rings is 1. The molecule has 1 aromatic heterocycles. The molecule has 0 atom stereocenters. The zero-order chi connectivity index (χ0) is 15.5. The third-order valence-corrected chi connectivity index (χ3v) is 4.69. The van der Waals surface area contributed by atoms with Crippen LogP contribution in [0.15, 0.2) is 35.7 Å². The molecule has 0 bridgehead atoms. The van der Waals surface area contributed by atoms with Crippen molar-refractivity contribution in [3.8, 4) is 5.75 Å². The minimum atomic E-state index is -0.675. The van der Waals surface area contributed by atoms with Gasteiger partial charge in [-0.05, 0) is 23.6 Å². The lowest BCUT2D eigenvalue weighted by atomic mass is 10.1. The van der Waals surface area contributed by atoms with Crippen LogP contribution in [0.3, 0.4) is 0 Å². The van der Waals surface area contributed by atoms with E-state index in [4.69, 9.17) is 0 Å². The first-order valence-electron chi connectivity index (χ1n) is 7.16. The smallest absolute Gasteiger partial charge is 0.260 e. The lowest BCUT2D eigenvalue weighted by molar-refractivity contribution is 0.0622. The number of aromatic hydroxyl groups is 1. The van der Waals surface area contributed by atoms with Gasteiger partial charge in [-0.1, -0.05) is 12.1 Å². The summed E-state index contributed by atoms with van der Waals surface area (Å²) in [4.78, 5) is 17.5. The molecule has 2 heterocycles. The average molecular weight is 320 g/mol. The Hall–Kier alpha value is -1.92. The average Bonchev–Trinajstić information content (AvgIpc) is 3.00. The van der Waals surface area contributed by atoms with Crippen molar-refractivity contribution in [1.82, 2.24) is 9.80 Å². The van der Waals surface area contributed by atoms with Crippen LogP contribution in [0.1, 0.15) is 15.2 Å². The second kappa shape index (κ2) is 6.46. The molecule has 1 saturated heterocycles. The van der Waals surface area contributed by atoms with Crippen LogP contribution in [0.4, 0.5) is 4.39 Å². The molecule has 0 aliphatic carbocycles. The Balaban J connectivity index is 1.62. The van der Waals surface area contributed by atoms with Crippen molar-refractivity contribution >= 4 is 17.2 Å². The summed E-state index contributed by atoms with van der Waals surface area (Å²) in [6.45, 7) is 3.46. The number of halogens is 1. The van der Waals surface area contributed by atoms with E-state index >= 15 is 0 Å². The van der Waals surface area contributed by atoms with E-state index in [1.54, 1.807) is 16.2 Å². The van der Waals surface area contributed by atoms with Crippen LogP contribution < -0.4 is 0 Å². The number of nitrogens with zero attached hydrogens (tertiary/aromatic N) is 2. The van der Waals surface area contributed by atoms with E-state index in [9.17, 15) is 14.3 Å². The maximum atomic E-state index is 13.8. The third-order valence-electron chi connectivity index (χ3n) is 3.82. The topological polar surface area (TPSA) is 43.8 Å². The van der Waals surface area contributed by atoms with Gasteiger partial charge in [0.1, 0.15) is 17.1 Å². The first kappa shape index (κ1) is 15.0. The summed E-state index contributed by atoms with van der Waals surface area (Å²) in [7, 11) is 0. The van der Waals surface area contributed by atoms with E-state index in [-0.39, 0.29) is 11.3 Å². The fraction of sp³-hybridized carbons (Fsp3) is 0.312. The largest absolute Gasteiger partial charge is 0.507 e. The zero-order valence-electron chi connectivity index (χ0n) is 12.0. The standard InChI is InChI=1S/C16H17FN2O2S/c17-13-4-1-5-14(20)15(13)16(21)19-8-6-18(7-9-19)11-12-3-2-10-22-12/h1-5,10,20H,6-9,11H2. The van der Waals surface area contributed by atoms with Crippen molar-refractivity contribution in [2.45, 2.75) is 6.54 Å². The number of carbonyl (C=O) groups excluding carboxylic acids is 1. The first-order chi connectivity index (χ1) is 10.6. The minimum Gasteiger partial charge on any atom is -0.507 e. The molecule has 6 heteroatoms. The predicted molar refractivity (Wildman–Crippen MR) is 83.6 cm³/mol. The Bertz CT molecular complexity index is 632. The summed E-state index contributed by atoms with van der Waals surface area (Å²) in [5.74, 6) is -1.41. The third kappa shape index (κ3) is 3.13. The highest BCUT2D eigenvalue weighted by molar-refractivity contribution is 7.09. The number of hydrogen-bond donors (Lipinski definition) is 1.